The van der Waals surface area contributed by atoms with Crippen molar-refractivity contribution in [3.8, 4) is 16.9 Å². The van der Waals surface area contributed by atoms with Crippen LogP contribution in [0.25, 0.3) is 11.1 Å². The van der Waals surface area contributed by atoms with Crippen LogP contribution >= 0.6 is 0 Å². The lowest BCUT2D eigenvalue weighted by atomic mass is 10.0. The van der Waals surface area contributed by atoms with Gasteiger partial charge in [-0.1, -0.05) is 35.9 Å². The standard InChI is InChI=1S/C23H25N3O/c1-16-5-7-18(8-6-16)4-3-11-27-21-12-20(14-26-15-21)19-9-10-23(25)22(13-19)17(2)24/h5-10,12-15,24H,3-4,11,25H2,1-2H3. The number of rotatable bonds is 7. The molecule has 0 saturated carbocycles. The highest BCUT2D eigenvalue weighted by Crippen LogP contribution is 2.26. The monoisotopic (exact) mass is 359 g/mol. The quantitative estimate of drug-likeness (QED) is 0.353. The maximum Gasteiger partial charge on any atom is 0.138 e. The highest BCUT2D eigenvalue weighted by molar-refractivity contribution is 6.02. The SMILES string of the molecule is CC(=N)c1cc(-c2cncc(OCCCc3ccc(C)cc3)c2)ccc1N. The summed E-state index contributed by atoms with van der Waals surface area (Å²) < 4.78 is 5.89. The molecular weight excluding hydrogens is 334 g/mol. The largest absolute Gasteiger partial charge is 0.492 e. The predicted molar refractivity (Wildman–Crippen MR) is 112 cm³/mol. The zero-order valence-corrected chi connectivity index (χ0v) is 15.8. The Morgan fingerprint density at radius 1 is 1.04 bits per heavy atom. The number of ether oxygens (including phenoxy) is 1. The number of aromatic nitrogens is 1. The van der Waals surface area contributed by atoms with Gasteiger partial charge in [-0.2, -0.15) is 0 Å². The van der Waals surface area contributed by atoms with Gasteiger partial charge < -0.3 is 15.9 Å². The summed E-state index contributed by atoms with van der Waals surface area (Å²) in [7, 11) is 0. The number of benzene rings is 2. The third-order valence-electron chi connectivity index (χ3n) is 4.50. The molecule has 27 heavy (non-hydrogen) atoms. The van der Waals surface area contributed by atoms with Crippen LogP contribution in [0.3, 0.4) is 0 Å². The normalized spacial score (nSPS) is 10.6. The second-order valence-corrected chi connectivity index (χ2v) is 6.77. The lowest BCUT2D eigenvalue weighted by Gasteiger charge is -2.10. The minimum absolute atomic E-state index is 0.450. The van der Waals surface area contributed by atoms with Crippen molar-refractivity contribution in [2.75, 3.05) is 12.3 Å². The first-order valence-electron chi connectivity index (χ1n) is 9.12. The topological polar surface area (TPSA) is 72.0 Å². The van der Waals surface area contributed by atoms with E-state index in [1.807, 2.05) is 24.3 Å². The molecule has 3 N–H and O–H groups in total. The number of anilines is 1. The molecule has 3 rings (SSSR count). The number of hydrogen-bond donors (Lipinski definition) is 2. The molecule has 0 atom stereocenters. The van der Waals surface area contributed by atoms with Crippen molar-refractivity contribution in [3.63, 3.8) is 0 Å². The Hall–Kier alpha value is -3.14. The molecule has 1 aromatic heterocycles. The van der Waals surface area contributed by atoms with Gasteiger partial charge >= 0.3 is 0 Å². The smallest absolute Gasteiger partial charge is 0.138 e. The van der Waals surface area contributed by atoms with Crippen LogP contribution in [0.1, 0.15) is 30.0 Å². The molecule has 0 spiro atoms. The molecule has 4 nitrogen and oxygen atoms in total. The number of aryl methyl sites for hydroxylation is 2. The lowest BCUT2D eigenvalue weighted by Crippen LogP contribution is -2.01. The number of pyridine rings is 1. The first-order chi connectivity index (χ1) is 13.0. The van der Waals surface area contributed by atoms with Crippen LogP contribution in [0.2, 0.25) is 0 Å². The minimum Gasteiger partial charge on any atom is -0.492 e. The van der Waals surface area contributed by atoms with Gasteiger partial charge in [0.2, 0.25) is 0 Å². The van der Waals surface area contributed by atoms with E-state index in [0.29, 0.717) is 18.0 Å². The Bertz CT molecular complexity index is 933. The molecule has 1 heterocycles. The van der Waals surface area contributed by atoms with Crippen molar-refractivity contribution in [1.29, 1.82) is 5.41 Å². The van der Waals surface area contributed by atoms with Crippen molar-refractivity contribution in [3.05, 3.63) is 77.6 Å². The van der Waals surface area contributed by atoms with Crippen LogP contribution in [0.15, 0.2) is 60.9 Å². The molecule has 0 bridgehead atoms. The molecule has 0 fully saturated rings. The Morgan fingerprint density at radius 3 is 2.56 bits per heavy atom. The number of nitrogens with two attached hydrogens (primary N) is 1. The number of hydrogen-bond acceptors (Lipinski definition) is 4. The fraction of sp³-hybridized carbons (Fsp3) is 0.217. The van der Waals surface area contributed by atoms with Crippen LogP contribution in [-0.2, 0) is 6.42 Å². The first-order valence-corrected chi connectivity index (χ1v) is 9.12. The second-order valence-electron chi connectivity index (χ2n) is 6.77. The second kappa shape index (κ2) is 8.49. The van der Waals surface area contributed by atoms with Gasteiger partial charge in [-0.3, -0.25) is 4.98 Å². The van der Waals surface area contributed by atoms with E-state index in [2.05, 4.69) is 36.2 Å². The molecule has 0 unspecified atom stereocenters. The minimum atomic E-state index is 0.450. The molecule has 2 aromatic carbocycles. The highest BCUT2D eigenvalue weighted by atomic mass is 16.5. The van der Waals surface area contributed by atoms with E-state index in [-0.39, 0.29) is 0 Å². The van der Waals surface area contributed by atoms with Crippen LogP contribution in [-0.4, -0.2) is 17.3 Å². The van der Waals surface area contributed by atoms with Crippen molar-refractivity contribution in [1.82, 2.24) is 4.98 Å². The van der Waals surface area contributed by atoms with Gasteiger partial charge in [0.1, 0.15) is 5.75 Å². The van der Waals surface area contributed by atoms with E-state index in [4.69, 9.17) is 15.9 Å². The third kappa shape index (κ3) is 4.94. The van der Waals surface area contributed by atoms with Gasteiger partial charge in [0.25, 0.3) is 0 Å². The molecule has 0 saturated heterocycles. The summed E-state index contributed by atoms with van der Waals surface area (Å²) >= 11 is 0. The van der Waals surface area contributed by atoms with Crippen LogP contribution < -0.4 is 10.5 Å². The van der Waals surface area contributed by atoms with Gasteiger partial charge in [0.05, 0.1) is 12.8 Å². The van der Waals surface area contributed by atoms with E-state index in [0.717, 1.165) is 35.3 Å². The average Bonchev–Trinajstić information content (AvgIpc) is 2.67. The van der Waals surface area contributed by atoms with Crippen molar-refractivity contribution in [2.45, 2.75) is 26.7 Å². The van der Waals surface area contributed by atoms with E-state index >= 15 is 0 Å². The maximum absolute atomic E-state index is 7.85. The van der Waals surface area contributed by atoms with Crippen molar-refractivity contribution in [2.24, 2.45) is 0 Å². The van der Waals surface area contributed by atoms with E-state index in [9.17, 15) is 0 Å². The summed E-state index contributed by atoms with van der Waals surface area (Å²) in [6.45, 7) is 4.48. The van der Waals surface area contributed by atoms with Gasteiger partial charge in [0, 0.05) is 28.7 Å². The molecule has 0 aliphatic carbocycles. The molecular formula is C23H25N3O. The van der Waals surface area contributed by atoms with Gasteiger partial charge in [-0.05, 0) is 56.0 Å². The summed E-state index contributed by atoms with van der Waals surface area (Å²) in [4.78, 5) is 4.29. The van der Waals surface area contributed by atoms with Crippen LogP contribution in [0.4, 0.5) is 5.69 Å². The molecule has 4 heteroatoms. The third-order valence-corrected chi connectivity index (χ3v) is 4.50. The average molecular weight is 359 g/mol. The zero-order chi connectivity index (χ0) is 19.2. The molecule has 0 radical (unpaired) electrons. The van der Waals surface area contributed by atoms with Gasteiger partial charge in [-0.25, -0.2) is 0 Å². The lowest BCUT2D eigenvalue weighted by molar-refractivity contribution is 0.310. The summed E-state index contributed by atoms with van der Waals surface area (Å²) in [6.07, 6.45) is 5.48. The van der Waals surface area contributed by atoms with E-state index in [1.54, 1.807) is 19.3 Å². The number of nitrogen functional groups attached to an aromatic ring is 1. The van der Waals surface area contributed by atoms with Gasteiger partial charge in [0.15, 0.2) is 0 Å². The highest BCUT2D eigenvalue weighted by Gasteiger charge is 2.07. The summed E-state index contributed by atoms with van der Waals surface area (Å²) in [5, 5.41) is 7.85. The van der Waals surface area contributed by atoms with Gasteiger partial charge in [-0.15, -0.1) is 0 Å². The first kappa shape index (κ1) is 18.6. The fourth-order valence-corrected chi connectivity index (χ4v) is 2.94. The Morgan fingerprint density at radius 2 is 1.81 bits per heavy atom. The molecule has 0 aliphatic rings. The maximum atomic E-state index is 7.85. The Labute approximate surface area is 160 Å². The summed E-state index contributed by atoms with van der Waals surface area (Å²) in [5.74, 6) is 0.751. The van der Waals surface area contributed by atoms with E-state index in [1.165, 1.54) is 11.1 Å². The van der Waals surface area contributed by atoms with Crippen LogP contribution in [0, 0.1) is 12.3 Å². The molecule has 138 valence electrons. The predicted octanol–water partition coefficient (Wildman–Crippen LogP) is 5.04. The molecule has 0 amide bonds. The summed E-state index contributed by atoms with van der Waals surface area (Å²) in [6, 6.07) is 16.3. The fourth-order valence-electron chi connectivity index (χ4n) is 2.94. The van der Waals surface area contributed by atoms with Crippen LogP contribution in [0.5, 0.6) is 5.75 Å². The van der Waals surface area contributed by atoms with Crippen molar-refractivity contribution < 1.29 is 4.74 Å². The molecule has 0 aliphatic heterocycles. The Kier molecular flexibility index (Phi) is 5.87. The molecule has 3 aromatic rings. The number of nitrogens with one attached hydrogen (secondary N) is 1. The zero-order valence-electron chi connectivity index (χ0n) is 15.8. The van der Waals surface area contributed by atoms with Crippen molar-refractivity contribution >= 4 is 11.4 Å². The number of nitrogens with zero attached hydrogens (tertiary/aromatic N) is 1. The van der Waals surface area contributed by atoms with E-state index < -0.39 is 0 Å². The summed E-state index contributed by atoms with van der Waals surface area (Å²) in [5.41, 5.74) is 12.3. The Balaban J connectivity index is 1.63.